The van der Waals surface area contributed by atoms with Crippen LogP contribution in [-0.4, -0.2) is 11.0 Å². The van der Waals surface area contributed by atoms with Crippen molar-refractivity contribution in [3.63, 3.8) is 0 Å². The number of hydrogen-bond acceptors (Lipinski definition) is 3. The summed E-state index contributed by atoms with van der Waals surface area (Å²) in [6.45, 7) is 0.844. The minimum absolute atomic E-state index is 0.236. The van der Waals surface area contributed by atoms with E-state index in [4.69, 9.17) is 16.0 Å². The van der Waals surface area contributed by atoms with Crippen molar-refractivity contribution in [2.75, 3.05) is 0 Å². The standard InChI is InChI=1S/C18H16ClN3O2/c19-15-6-3-13(4-7-15)10-21-18(23)22-12-14-5-8-16(20-11-14)17-2-1-9-24-17/h1-9,11H,10,12H2,(H2,21,22,23). The minimum atomic E-state index is -0.236. The van der Waals surface area contributed by atoms with E-state index in [0.717, 1.165) is 22.6 Å². The fourth-order valence-corrected chi connectivity index (χ4v) is 2.25. The SMILES string of the molecule is O=C(NCc1ccc(Cl)cc1)NCc1ccc(-c2ccco2)nc1. The summed E-state index contributed by atoms with van der Waals surface area (Å²) in [6.07, 6.45) is 3.33. The number of carbonyl (C=O) groups is 1. The smallest absolute Gasteiger partial charge is 0.315 e. The topological polar surface area (TPSA) is 67.2 Å². The molecule has 5 nitrogen and oxygen atoms in total. The lowest BCUT2D eigenvalue weighted by Crippen LogP contribution is -2.34. The second-order valence-electron chi connectivity index (χ2n) is 5.19. The Morgan fingerprint density at radius 1 is 1.00 bits per heavy atom. The van der Waals surface area contributed by atoms with Crippen LogP contribution in [0.5, 0.6) is 0 Å². The molecule has 0 fully saturated rings. The van der Waals surface area contributed by atoms with Crippen molar-refractivity contribution < 1.29 is 9.21 Å². The van der Waals surface area contributed by atoms with Gasteiger partial charge in [-0.3, -0.25) is 4.98 Å². The van der Waals surface area contributed by atoms with Crippen molar-refractivity contribution >= 4 is 17.6 Å². The number of furan rings is 1. The molecule has 0 saturated carbocycles. The molecule has 0 unspecified atom stereocenters. The molecule has 0 radical (unpaired) electrons. The Balaban J connectivity index is 1.46. The van der Waals surface area contributed by atoms with Crippen molar-refractivity contribution in [2.24, 2.45) is 0 Å². The third-order valence-corrected chi connectivity index (χ3v) is 3.67. The highest BCUT2D eigenvalue weighted by molar-refractivity contribution is 6.30. The van der Waals surface area contributed by atoms with Crippen LogP contribution < -0.4 is 10.6 Å². The van der Waals surface area contributed by atoms with Gasteiger partial charge in [-0.05, 0) is 41.5 Å². The maximum atomic E-state index is 11.8. The van der Waals surface area contributed by atoms with E-state index in [1.165, 1.54) is 0 Å². The molecule has 2 amide bonds. The van der Waals surface area contributed by atoms with Gasteiger partial charge in [0.15, 0.2) is 5.76 Å². The zero-order chi connectivity index (χ0) is 16.8. The molecular formula is C18H16ClN3O2. The third kappa shape index (κ3) is 4.36. The van der Waals surface area contributed by atoms with E-state index in [1.807, 2.05) is 36.4 Å². The number of benzene rings is 1. The molecule has 0 bridgehead atoms. The summed E-state index contributed by atoms with van der Waals surface area (Å²) >= 11 is 5.82. The quantitative estimate of drug-likeness (QED) is 0.737. The molecular weight excluding hydrogens is 326 g/mol. The summed E-state index contributed by atoms with van der Waals surface area (Å²) in [6, 6.07) is 14.5. The molecule has 2 N–H and O–H groups in total. The lowest BCUT2D eigenvalue weighted by Gasteiger charge is -2.08. The van der Waals surface area contributed by atoms with Gasteiger partial charge in [0.1, 0.15) is 5.69 Å². The lowest BCUT2D eigenvalue weighted by atomic mass is 10.2. The maximum Gasteiger partial charge on any atom is 0.315 e. The molecule has 1 aromatic carbocycles. The summed E-state index contributed by atoms with van der Waals surface area (Å²) in [4.78, 5) is 16.1. The Morgan fingerprint density at radius 2 is 1.71 bits per heavy atom. The normalized spacial score (nSPS) is 10.4. The second-order valence-corrected chi connectivity index (χ2v) is 5.63. The van der Waals surface area contributed by atoms with Crippen LogP contribution in [0.4, 0.5) is 4.79 Å². The Morgan fingerprint density at radius 3 is 2.33 bits per heavy atom. The van der Waals surface area contributed by atoms with Gasteiger partial charge in [-0.25, -0.2) is 4.79 Å². The molecule has 0 spiro atoms. The van der Waals surface area contributed by atoms with Crippen LogP contribution in [-0.2, 0) is 13.1 Å². The van der Waals surface area contributed by atoms with Crippen LogP contribution in [0.2, 0.25) is 5.02 Å². The van der Waals surface area contributed by atoms with Gasteiger partial charge in [-0.15, -0.1) is 0 Å². The van der Waals surface area contributed by atoms with E-state index in [9.17, 15) is 4.79 Å². The van der Waals surface area contributed by atoms with Crippen LogP contribution in [0.15, 0.2) is 65.4 Å². The number of aromatic nitrogens is 1. The molecule has 0 saturated heterocycles. The van der Waals surface area contributed by atoms with Crippen LogP contribution in [0.1, 0.15) is 11.1 Å². The fraction of sp³-hybridized carbons (Fsp3) is 0.111. The highest BCUT2D eigenvalue weighted by Crippen LogP contribution is 2.17. The number of hydrogen-bond donors (Lipinski definition) is 2. The van der Waals surface area contributed by atoms with Gasteiger partial charge in [-0.2, -0.15) is 0 Å². The number of nitrogens with zero attached hydrogens (tertiary/aromatic N) is 1. The summed E-state index contributed by atoms with van der Waals surface area (Å²) in [5.74, 6) is 0.718. The molecule has 3 rings (SSSR count). The van der Waals surface area contributed by atoms with Gasteiger partial charge in [0.05, 0.1) is 6.26 Å². The average Bonchev–Trinajstić information content (AvgIpc) is 3.14. The summed E-state index contributed by atoms with van der Waals surface area (Å²) < 4.78 is 5.29. The van der Waals surface area contributed by atoms with Gasteiger partial charge >= 0.3 is 6.03 Å². The fourth-order valence-electron chi connectivity index (χ4n) is 2.13. The van der Waals surface area contributed by atoms with E-state index in [-0.39, 0.29) is 6.03 Å². The predicted molar refractivity (Wildman–Crippen MR) is 92.5 cm³/mol. The Hall–Kier alpha value is -2.79. The molecule has 0 atom stereocenters. The number of pyridine rings is 1. The van der Waals surface area contributed by atoms with E-state index in [1.54, 1.807) is 24.6 Å². The highest BCUT2D eigenvalue weighted by Gasteiger charge is 2.04. The number of carbonyl (C=O) groups excluding carboxylic acids is 1. The highest BCUT2D eigenvalue weighted by atomic mass is 35.5. The largest absolute Gasteiger partial charge is 0.463 e. The van der Waals surface area contributed by atoms with Crippen LogP contribution >= 0.6 is 11.6 Å². The number of nitrogens with one attached hydrogen (secondary N) is 2. The van der Waals surface area contributed by atoms with Crippen molar-refractivity contribution in [1.29, 1.82) is 0 Å². The van der Waals surface area contributed by atoms with Gasteiger partial charge in [0.25, 0.3) is 0 Å². The molecule has 122 valence electrons. The summed E-state index contributed by atoms with van der Waals surface area (Å²) in [5, 5.41) is 6.26. The minimum Gasteiger partial charge on any atom is -0.463 e. The van der Waals surface area contributed by atoms with Crippen LogP contribution in [0.3, 0.4) is 0 Å². The van der Waals surface area contributed by atoms with Gasteiger partial charge in [0, 0.05) is 24.3 Å². The number of amides is 2. The third-order valence-electron chi connectivity index (χ3n) is 3.42. The molecule has 0 aliphatic carbocycles. The predicted octanol–water partition coefficient (Wildman–Crippen LogP) is 3.99. The first kappa shape index (κ1) is 16.1. The molecule has 2 aromatic heterocycles. The van der Waals surface area contributed by atoms with E-state index in [2.05, 4.69) is 15.6 Å². The van der Waals surface area contributed by atoms with Crippen molar-refractivity contribution in [3.05, 3.63) is 77.1 Å². The molecule has 2 heterocycles. The average molecular weight is 342 g/mol. The van der Waals surface area contributed by atoms with Gasteiger partial charge in [0.2, 0.25) is 0 Å². The molecule has 0 aliphatic rings. The van der Waals surface area contributed by atoms with E-state index >= 15 is 0 Å². The number of rotatable bonds is 5. The van der Waals surface area contributed by atoms with E-state index < -0.39 is 0 Å². The maximum absolute atomic E-state index is 11.8. The van der Waals surface area contributed by atoms with E-state index in [0.29, 0.717) is 18.1 Å². The summed E-state index contributed by atoms with van der Waals surface area (Å²) in [5.41, 5.74) is 2.65. The first-order valence-electron chi connectivity index (χ1n) is 7.46. The Kier molecular flexibility index (Phi) is 5.13. The monoisotopic (exact) mass is 341 g/mol. The zero-order valence-corrected chi connectivity index (χ0v) is 13.6. The zero-order valence-electron chi connectivity index (χ0n) is 12.8. The second kappa shape index (κ2) is 7.66. The first-order chi connectivity index (χ1) is 11.7. The molecule has 6 heteroatoms. The lowest BCUT2D eigenvalue weighted by molar-refractivity contribution is 0.240. The number of urea groups is 1. The van der Waals surface area contributed by atoms with Crippen molar-refractivity contribution in [3.8, 4) is 11.5 Å². The Bertz CT molecular complexity index is 784. The van der Waals surface area contributed by atoms with Crippen molar-refractivity contribution in [2.45, 2.75) is 13.1 Å². The van der Waals surface area contributed by atoms with Gasteiger partial charge in [-0.1, -0.05) is 29.8 Å². The first-order valence-corrected chi connectivity index (χ1v) is 7.83. The molecule has 24 heavy (non-hydrogen) atoms. The van der Waals surface area contributed by atoms with Crippen LogP contribution in [0, 0.1) is 0 Å². The molecule has 3 aromatic rings. The van der Waals surface area contributed by atoms with Gasteiger partial charge < -0.3 is 15.1 Å². The van der Waals surface area contributed by atoms with Crippen molar-refractivity contribution in [1.82, 2.24) is 15.6 Å². The number of halogens is 1. The summed E-state index contributed by atoms with van der Waals surface area (Å²) in [7, 11) is 0. The van der Waals surface area contributed by atoms with Crippen LogP contribution in [0.25, 0.3) is 11.5 Å². The Labute approximate surface area is 144 Å². The molecule has 0 aliphatic heterocycles.